The molecule has 94 valence electrons. The first-order valence-corrected chi connectivity index (χ1v) is 5.86. The van der Waals surface area contributed by atoms with Gasteiger partial charge in [-0.1, -0.05) is 29.8 Å². The van der Waals surface area contributed by atoms with Crippen LogP contribution in [0.5, 0.6) is 5.75 Å². The van der Waals surface area contributed by atoms with Gasteiger partial charge in [0.2, 0.25) is 0 Å². The highest BCUT2D eigenvalue weighted by molar-refractivity contribution is 6.32. The van der Waals surface area contributed by atoms with Gasteiger partial charge in [0, 0.05) is 12.1 Å². The molecule has 2 rings (SSSR count). The molecule has 0 saturated heterocycles. The van der Waals surface area contributed by atoms with E-state index in [0.717, 1.165) is 11.1 Å². The van der Waals surface area contributed by atoms with Crippen LogP contribution in [0.1, 0.15) is 5.56 Å². The van der Waals surface area contributed by atoms with Crippen molar-refractivity contribution in [3.05, 3.63) is 52.8 Å². The van der Waals surface area contributed by atoms with E-state index in [1.807, 2.05) is 12.1 Å². The minimum absolute atomic E-state index is 0.191. The number of halogens is 2. The van der Waals surface area contributed by atoms with E-state index in [0.29, 0.717) is 16.3 Å². The van der Waals surface area contributed by atoms with E-state index in [4.69, 9.17) is 22.1 Å². The lowest BCUT2D eigenvalue weighted by atomic mass is 10.0. The highest BCUT2D eigenvalue weighted by atomic mass is 35.5. The smallest absolute Gasteiger partial charge is 0.138 e. The van der Waals surface area contributed by atoms with Crippen molar-refractivity contribution in [2.75, 3.05) is 7.11 Å². The zero-order valence-electron chi connectivity index (χ0n) is 9.91. The Labute approximate surface area is 110 Å². The molecule has 0 atom stereocenters. The maximum Gasteiger partial charge on any atom is 0.138 e. The molecule has 0 unspecified atom stereocenters. The lowest BCUT2D eigenvalue weighted by Crippen LogP contribution is -1.99. The molecule has 0 aliphatic carbocycles. The number of rotatable bonds is 3. The molecule has 0 fully saturated rings. The van der Waals surface area contributed by atoms with Gasteiger partial charge in [-0.25, -0.2) is 4.39 Å². The van der Waals surface area contributed by atoms with Crippen molar-refractivity contribution in [1.29, 1.82) is 0 Å². The van der Waals surface area contributed by atoms with Gasteiger partial charge in [0.15, 0.2) is 0 Å². The predicted molar refractivity (Wildman–Crippen MR) is 71.3 cm³/mol. The third kappa shape index (κ3) is 2.47. The van der Waals surface area contributed by atoms with Gasteiger partial charge in [-0.05, 0) is 29.3 Å². The van der Waals surface area contributed by atoms with Crippen LogP contribution in [-0.4, -0.2) is 7.11 Å². The van der Waals surface area contributed by atoms with Crippen molar-refractivity contribution in [2.24, 2.45) is 5.73 Å². The maximum atomic E-state index is 13.7. The first-order chi connectivity index (χ1) is 8.65. The summed E-state index contributed by atoms with van der Waals surface area (Å²) in [5.74, 6) is 0.265. The van der Waals surface area contributed by atoms with Gasteiger partial charge >= 0.3 is 0 Å². The highest BCUT2D eigenvalue weighted by Gasteiger charge is 2.07. The molecule has 0 aliphatic rings. The third-order valence-electron chi connectivity index (χ3n) is 2.76. The summed E-state index contributed by atoms with van der Waals surface area (Å²) in [7, 11) is 1.54. The second kappa shape index (κ2) is 5.38. The Balaban J connectivity index is 2.45. The summed E-state index contributed by atoms with van der Waals surface area (Å²) in [5, 5.41) is 0.528. The molecule has 0 amide bonds. The van der Waals surface area contributed by atoms with Crippen LogP contribution in [-0.2, 0) is 6.54 Å². The molecule has 0 heterocycles. The molecule has 2 aromatic carbocycles. The van der Waals surface area contributed by atoms with Crippen LogP contribution in [0.3, 0.4) is 0 Å². The highest BCUT2D eigenvalue weighted by Crippen LogP contribution is 2.30. The molecule has 0 saturated carbocycles. The van der Waals surface area contributed by atoms with Gasteiger partial charge in [0.05, 0.1) is 12.1 Å². The predicted octanol–water partition coefficient (Wildman–Crippen LogP) is 3.61. The summed E-state index contributed by atoms with van der Waals surface area (Å²) >= 11 is 5.95. The van der Waals surface area contributed by atoms with Crippen LogP contribution < -0.4 is 10.5 Å². The summed E-state index contributed by atoms with van der Waals surface area (Å²) in [6.07, 6.45) is 0. The number of hydrogen-bond acceptors (Lipinski definition) is 2. The second-order valence-electron chi connectivity index (χ2n) is 3.86. The van der Waals surface area contributed by atoms with Crippen molar-refractivity contribution in [2.45, 2.75) is 6.54 Å². The lowest BCUT2D eigenvalue weighted by Gasteiger charge is -2.08. The Morgan fingerprint density at radius 3 is 2.44 bits per heavy atom. The summed E-state index contributed by atoms with van der Waals surface area (Å²) in [6.45, 7) is 0.191. The first-order valence-electron chi connectivity index (χ1n) is 5.48. The molecule has 0 aliphatic heterocycles. The third-order valence-corrected chi connectivity index (χ3v) is 3.07. The summed E-state index contributed by atoms with van der Waals surface area (Å²) < 4.78 is 18.8. The minimum Gasteiger partial charge on any atom is -0.495 e. The van der Waals surface area contributed by atoms with Crippen LogP contribution >= 0.6 is 11.6 Å². The molecule has 0 radical (unpaired) electrons. The average molecular weight is 266 g/mol. The number of benzene rings is 2. The number of ether oxygens (including phenoxy) is 1. The first kappa shape index (κ1) is 12.9. The summed E-state index contributed by atoms with van der Waals surface area (Å²) in [4.78, 5) is 0. The maximum absolute atomic E-state index is 13.7. The molecule has 0 bridgehead atoms. The second-order valence-corrected chi connectivity index (χ2v) is 4.27. The van der Waals surface area contributed by atoms with Gasteiger partial charge in [0.1, 0.15) is 11.6 Å². The van der Waals surface area contributed by atoms with Crippen LogP contribution in [0.4, 0.5) is 4.39 Å². The van der Waals surface area contributed by atoms with E-state index in [-0.39, 0.29) is 12.4 Å². The topological polar surface area (TPSA) is 35.2 Å². The summed E-state index contributed by atoms with van der Waals surface area (Å²) in [6, 6.07) is 10.3. The van der Waals surface area contributed by atoms with E-state index in [1.54, 1.807) is 25.3 Å². The van der Waals surface area contributed by atoms with Crippen molar-refractivity contribution in [1.82, 2.24) is 0 Å². The lowest BCUT2D eigenvalue weighted by molar-refractivity contribution is 0.415. The molecular weight excluding hydrogens is 253 g/mol. The fourth-order valence-electron chi connectivity index (χ4n) is 1.73. The fraction of sp³-hybridized carbons (Fsp3) is 0.143. The largest absolute Gasteiger partial charge is 0.495 e. The van der Waals surface area contributed by atoms with E-state index >= 15 is 0 Å². The van der Waals surface area contributed by atoms with Crippen molar-refractivity contribution >= 4 is 11.6 Å². The molecular formula is C14H13ClFNO. The molecule has 18 heavy (non-hydrogen) atoms. The quantitative estimate of drug-likeness (QED) is 0.920. The summed E-state index contributed by atoms with van der Waals surface area (Å²) in [5.41, 5.74) is 7.54. The number of methoxy groups -OCH3 is 1. The Kier molecular flexibility index (Phi) is 3.84. The Morgan fingerprint density at radius 2 is 1.83 bits per heavy atom. The number of hydrogen-bond donors (Lipinski definition) is 1. The SMILES string of the molecule is COc1cc(-c2ccc(CN)c(F)c2)ccc1Cl. The minimum atomic E-state index is -0.302. The van der Waals surface area contributed by atoms with E-state index in [1.165, 1.54) is 6.07 Å². The molecule has 2 N–H and O–H groups in total. The van der Waals surface area contributed by atoms with E-state index in [9.17, 15) is 4.39 Å². The van der Waals surface area contributed by atoms with Crippen LogP contribution in [0.2, 0.25) is 5.02 Å². The molecule has 4 heteroatoms. The standard InChI is InChI=1S/C14H13ClFNO/c1-18-14-7-10(4-5-12(14)15)9-2-3-11(8-17)13(16)6-9/h2-7H,8,17H2,1H3. The monoisotopic (exact) mass is 265 g/mol. The Hall–Kier alpha value is -1.58. The van der Waals surface area contributed by atoms with Crippen molar-refractivity contribution in [3.8, 4) is 16.9 Å². The van der Waals surface area contributed by atoms with E-state index in [2.05, 4.69) is 0 Å². The molecule has 0 aromatic heterocycles. The van der Waals surface area contributed by atoms with Crippen LogP contribution in [0, 0.1) is 5.82 Å². The number of nitrogens with two attached hydrogens (primary N) is 1. The van der Waals surface area contributed by atoms with Crippen LogP contribution in [0.25, 0.3) is 11.1 Å². The van der Waals surface area contributed by atoms with Gasteiger partial charge < -0.3 is 10.5 Å². The van der Waals surface area contributed by atoms with Gasteiger partial charge in [-0.3, -0.25) is 0 Å². The van der Waals surface area contributed by atoms with Gasteiger partial charge in [0.25, 0.3) is 0 Å². The Bertz CT molecular complexity index is 572. The molecule has 2 nitrogen and oxygen atoms in total. The van der Waals surface area contributed by atoms with Crippen LogP contribution in [0.15, 0.2) is 36.4 Å². The fourth-order valence-corrected chi connectivity index (χ4v) is 1.93. The normalized spacial score (nSPS) is 10.4. The Morgan fingerprint density at radius 1 is 1.17 bits per heavy atom. The molecule has 0 spiro atoms. The zero-order valence-corrected chi connectivity index (χ0v) is 10.7. The van der Waals surface area contributed by atoms with E-state index < -0.39 is 0 Å². The molecule has 2 aromatic rings. The van der Waals surface area contributed by atoms with Crippen molar-refractivity contribution in [3.63, 3.8) is 0 Å². The van der Waals surface area contributed by atoms with Crippen molar-refractivity contribution < 1.29 is 9.13 Å². The average Bonchev–Trinajstić information content (AvgIpc) is 2.39. The van der Waals surface area contributed by atoms with Gasteiger partial charge in [-0.15, -0.1) is 0 Å². The zero-order chi connectivity index (χ0) is 13.1. The van der Waals surface area contributed by atoms with Gasteiger partial charge in [-0.2, -0.15) is 0 Å².